The van der Waals surface area contributed by atoms with Crippen LogP contribution < -0.4 is 0 Å². The van der Waals surface area contributed by atoms with Gasteiger partial charge in [0.25, 0.3) is 0 Å². The summed E-state index contributed by atoms with van der Waals surface area (Å²) in [4.78, 5) is 12.0. The minimum absolute atomic E-state index is 0.0305. The fourth-order valence-electron chi connectivity index (χ4n) is 5.43. The largest absolute Gasteiger partial charge is 0.392 e. The Bertz CT molecular complexity index is 718. The quantitative estimate of drug-likeness (QED) is 0.491. The number of allylic oxidation sites excluding steroid dienone is 7. The lowest BCUT2D eigenvalue weighted by molar-refractivity contribution is -0.122. The van der Waals surface area contributed by atoms with E-state index in [2.05, 4.69) is 19.9 Å². The minimum atomic E-state index is -1.70. The first-order chi connectivity index (χ1) is 13.4. The van der Waals surface area contributed by atoms with Gasteiger partial charge in [-0.3, -0.25) is 4.79 Å². The molecule has 154 valence electrons. The summed E-state index contributed by atoms with van der Waals surface area (Å²) in [6.07, 6.45) is 11.8. The molecule has 0 aliphatic heterocycles. The van der Waals surface area contributed by atoms with E-state index in [1.807, 2.05) is 12.2 Å². The Balaban J connectivity index is 1.77. The van der Waals surface area contributed by atoms with Crippen LogP contribution in [0.1, 0.15) is 58.8 Å². The lowest BCUT2D eigenvalue weighted by Crippen LogP contribution is -2.32. The molecule has 0 aromatic rings. The molecule has 4 heteroatoms. The lowest BCUT2D eigenvalue weighted by Gasteiger charge is -2.42. The van der Waals surface area contributed by atoms with E-state index in [-0.39, 0.29) is 24.9 Å². The smallest absolute Gasteiger partial charge is 0.193 e. The number of alkyl halides is 2. The molecule has 2 fully saturated rings. The first kappa shape index (κ1) is 21.2. The average molecular weight is 391 g/mol. The maximum absolute atomic E-state index is 13.7. The summed E-state index contributed by atoms with van der Waals surface area (Å²) in [6, 6.07) is 0. The molecule has 2 nitrogen and oxygen atoms in total. The van der Waals surface area contributed by atoms with Gasteiger partial charge in [0, 0.05) is 18.4 Å². The molecule has 3 rings (SSSR count). The fourth-order valence-corrected chi connectivity index (χ4v) is 5.43. The highest BCUT2D eigenvalue weighted by molar-refractivity contribution is 5.99. The predicted octanol–water partition coefficient (Wildman–Crippen LogP) is 5.59. The number of carbonyl (C=O) groups excluding carboxylic acids is 1. The zero-order valence-corrected chi connectivity index (χ0v) is 17.0. The van der Waals surface area contributed by atoms with Gasteiger partial charge in [0.05, 0.1) is 6.61 Å². The van der Waals surface area contributed by atoms with Crippen LogP contribution in [0.5, 0.6) is 0 Å². The number of carbonyl (C=O) groups is 1. The van der Waals surface area contributed by atoms with E-state index < -0.39 is 18.1 Å². The van der Waals surface area contributed by atoms with Crippen LogP contribution in [-0.2, 0) is 4.79 Å². The highest BCUT2D eigenvalue weighted by Gasteiger charge is 2.45. The van der Waals surface area contributed by atoms with Crippen LogP contribution in [0.2, 0.25) is 0 Å². The number of aliphatic hydroxyl groups excluding tert-OH is 1. The van der Waals surface area contributed by atoms with Crippen molar-refractivity contribution in [2.45, 2.75) is 71.1 Å². The van der Waals surface area contributed by atoms with Crippen molar-refractivity contribution >= 4 is 5.78 Å². The van der Waals surface area contributed by atoms with Crippen molar-refractivity contribution in [3.8, 4) is 0 Å². The van der Waals surface area contributed by atoms with E-state index in [1.54, 1.807) is 12.2 Å². The molecule has 0 aromatic heterocycles. The van der Waals surface area contributed by atoms with Gasteiger partial charge in [-0.1, -0.05) is 55.4 Å². The second-order valence-electron chi connectivity index (χ2n) is 8.81. The van der Waals surface area contributed by atoms with E-state index in [9.17, 15) is 13.6 Å². The first-order valence-corrected chi connectivity index (χ1v) is 10.5. The van der Waals surface area contributed by atoms with E-state index in [1.165, 1.54) is 11.1 Å². The molecule has 3 aliphatic rings. The highest BCUT2D eigenvalue weighted by atomic mass is 19.1. The fraction of sp³-hybridized carbons (Fsp3) is 0.625. The highest BCUT2D eigenvalue weighted by Crippen LogP contribution is 2.56. The molecule has 5 unspecified atom stereocenters. The van der Waals surface area contributed by atoms with Crippen LogP contribution in [0.15, 0.2) is 47.1 Å². The third-order valence-corrected chi connectivity index (χ3v) is 6.91. The van der Waals surface area contributed by atoms with Gasteiger partial charge >= 0.3 is 0 Å². The number of fused-ring (bicyclic) bond motifs is 1. The number of ketones is 1. The van der Waals surface area contributed by atoms with Gasteiger partial charge in [-0.25, -0.2) is 8.78 Å². The van der Waals surface area contributed by atoms with Crippen molar-refractivity contribution in [3.05, 3.63) is 47.1 Å². The van der Waals surface area contributed by atoms with Gasteiger partial charge in [-0.2, -0.15) is 0 Å². The third-order valence-electron chi connectivity index (χ3n) is 6.91. The van der Waals surface area contributed by atoms with Crippen LogP contribution in [-0.4, -0.2) is 29.8 Å². The van der Waals surface area contributed by atoms with Gasteiger partial charge in [-0.15, -0.1) is 0 Å². The van der Waals surface area contributed by atoms with Crippen LogP contribution in [0.3, 0.4) is 0 Å². The summed E-state index contributed by atoms with van der Waals surface area (Å²) in [5, 5.41) is 8.95. The molecule has 28 heavy (non-hydrogen) atoms. The van der Waals surface area contributed by atoms with Crippen LogP contribution in [0, 0.1) is 17.3 Å². The number of aliphatic hydroxyl groups is 1. The SMILES string of the molecule is CC(C/C=C/CO)C1=CCC2/C(=C/C=C3/CC(F)CC(F)C3=O)CCCC12C. The predicted molar refractivity (Wildman–Crippen MR) is 108 cm³/mol. The third kappa shape index (κ3) is 4.22. The van der Waals surface area contributed by atoms with Gasteiger partial charge < -0.3 is 5.11 Å². The topological polar surface area (TPSA) is 37.3 Å². The Morgan fingerprint density at radius 1 is 1.32 bits per heavy atom. The van der Waals surface area contributed by atoms with Gasteiger partial charge in [0.15, 0.2) is 12.0 Å². The Morgan fingerprint density at radius 2 is 2.11 bits per heavy atom. The number of hydrogen-bond acceptors (Lipinski definition) is 2. The molecule has 0 amide bonds. The van der Waals surface area contributed by atoms with E-state index >= 15 is 0 Å². The molecule has 0 bridgehead atoms. The van der Waals surface area contributed by atoms with Crippen molar-refractivity contribution < 1.29 is 18.7 Å². The van der Waals surface area contributed by atoms with Crippen molar-refractivity contribution in [3.63, 3.8) is 0 Å². The molecule has 0 radical (unpaired) electrons. The second-order valence-corrected chi connectivity index (χ2v) is 8.81. The maximum Gasteiger partial charge on any atom is 0.193 e. The zero-order chi connectivity index (χ0) is 20.3. The van der Waals surface area contributed by atoms with E-state index in [4.69, 9.17) is 5.11 Å². The summed E-state index contributed by atoms with van der Waals surface area (Å²) in [6.45, 7) is 4.65. The van der Waals surface area contributed by atoms with E-state index in [0.717, 1.165) is 32.1 Å². The Morgan fingerprint density at radius 3 is 2.86 bits per heavy atom. The lowest BCUT2D eigenvalue weighted by atomic mass is 9.62. The van der Waals surface area contributed by atoms with Gasteiger partial charge in [0.2, 0.25) is 0 Å². The molecule has 0 spiro atoms. The number of halogens is 2. The van der Waals surface area contributed by atoms with Crippen LogP contribution in [0.25, 0.3) is 0 Å². The van der Waals surface area contributed by atoms with Crippen molar-refractivity contribution in [1.29, 1.82) is 0 Å². The molecule has 3 aliphatic carbocycles. The second kappa shape index (κ2) is 8.86. The molecular formula is C24H32F2O2. The summed E-state index contributed by atoms with van der Waals surface area (Å²) < 4.78 is 27.4. The van der Waals surface area contributed by atoms with Crippen molar-refractivity contribution in [2.75, 3.05) is 6.61 Å². The van der Waals surface area contributed by atoms with E-state index in [0.29, 0.717) is 17.4 Å². The normalized spacial score (nSPS) is 37.5. The Hall–Kier alpha value is -1.55. The molecule has 0 aromatic carbocycles. The summed E-state index contributed by atoms with van der Waals surface area (Å²) >= 11 is 0. The van der Waals surface area contributed by atoms with Gasteiger partial charge in [0.1, 0.15) is 6.17 Å². The monoisotopic (exact) mass is 390 g/mol. The molecule has 0 saturated heterocycles. The van der Waals surface area contributed by atoms with Crippen molar-refractivity contribution in [2.24, 2.45) is 17.3 Å². The zero-order valence-electron chi connectivity index (χ0n) is 17.0. The Kier molecular flexibility index (Phi) is 6.69. The first-order valence-electron chi connectivity index (χ1n) is 10.5. The number of hydrogen-bond donors (Lipinski definition) is 1. The van der Waals surface area contributed by atoms with Crippen LogP contribution in [0.4, 0.5) is 8.78 Å². The number of rotatable bonds is 5. The molecular weight excluding hydrogens is 358 g/mol. The summed E-state index contributed by atoms with van der Waals surface area (Å²) in [5.41, 5.74) is 3.19. The maximum atomic E-state index is 13.7. The van der Waals surface area contributed by atoms with Gasteiger partial charge in [-0.05, 0) is 49.4 Å². The minimum Gasteiger partial charge on any atom is -0.392 e. The van der Waals surface area contributed by atoms with Crippen molar-refractivity contribution in [1.82, 2.24) is 0 Å². The molecule has 1 N–H and O–H groups in total. The summed E-state index contributed by atoms with van der Waals surface area (Å²) in [5.74, 6) is 0.285. The summed E-state index contributed by atoms with van der Waals surface area (Å²) in [7, 11) is 0. The molecule has 2 saturated carbocycles. The molecule has 5 atom stereocenters. The Labute approximate surface area is 167 Å². The average Bonchev–Trinajstić information content (AvgIpc) is 3.01. The van der Waals surface area contributed by atoms with Crippen LogP contribution >= 0.6 is 0 Å². The molecule has 0 heterocycles. The number of Topliss-reactive ketones (excluding diaryl/α,β-unsaturated/α-hetero) is 1. The standard InChI is InChI=1S/C24H32F2O2/c1-16(6-3-4-13-27)20-10-11-21-17(7-5-12-24(20,21)2)8-9-18-14-19(25)15-22(26)23(18)28/h3-4,8-10,16,19,21-22,27H,5-7,11-15H2,1-2H3/b4-3+,17-8+,18-9-.